The van der Waals surface area contributed by atoms with Gasteiger partial charge in [0.15, 0.2) is 5.65 Å². The van der Waals surface area contributed by atoms with Gasteiger partial charge in [-0.15, -0.1) is 0 Å². The highest BCUT2D eigenvalue weighted by Crippen LogP contribution is 2.31. The van der Waals surface area contributed by atoms with Crippen LogP contribution in [-0.2, 0) is 13.1 Å². The summed E-state index contributed by atoms with van der Waals surface area (Å²) in [4.78, 5) is 23.0. The van der Waals surface area contributed by atoms with E-state index in [-0.39, 0.29) is 12.4 Å². The summed E-state index contributed by atoms with van der Waals surface area (Å²) in [6.07, 6.45) is 4.37. The second-order valence-electron chi connectivity index (χ2n) is 9.96. The van der Waals surface area contributed by atoms with E-state index in [2.05, 4.69) is 37.9 Å². The Kier molecular flexibility index (Phi) is 5.51. The number of nitriles is 1. The number of piperazine rings is 1. The highest BCUT2D eigenvalue weighted by Gasteiger charge is 2.41. The fourth-order valence-electron chi connectivity index (χ4n) is 5.63. The highest BCUT2D eigenvalue weighted by molar-refractivity contribution is 5.79. The van der Waals surface area contributed by atoms with Gasteiger partial charge >= 0.3 is 0 Å². The molecule has 8 nitrogen and oxygen atoms in total. The van der Waals surface area contributed by atoms with Crippen LogP contribution in [0.5, 0.6) is 0 Å². The van der Waals surface area contributed by atoms with Crippen molar-refractivity contribution < 1.29 is 4.39 Å². The number of aromatic nitrogens is 5. The average Bonchev–Trinajstić information content (AvgIpc) is 3.53. The normalized spacial score (nSPS) is 19.9. The molecule has 3 aromatic heterocycles. The highest BCUT2D eigenvalue weighted by atomic mass is 19.1. The predicted molar refractivity (Wildman–Crippen MR) is 133 cm³/mol. The van der Waals surface area contributed by atoms with Gasteiger partial charge in [-0.05, 0) is 45.0 Å². The van der Waals surface area contributed by atoms with Crippen LogP contribution in [0.25, 0.3) is 22.6 Å². The van der Waals surface area contributed by atoms with Crippen LogP contribution in [0.1, 0.15) is 34.6 Å². The summed E-state index contributed by atoms with van der Waals surface area (Å²) in [5.74, 6) is 0.962. The lowest BCUT2D eigenvalue weighted by Crippen LogP contribution is -2.43. The number of imidazole rings is 1. The number of aryl methyl sites for hydroxylation is 2. The third-order valence-electron chi connectivity index (χ3n) is 7.47. The summed E-state index contributed by atoms with van der Waals surface area (Å²) < 4.78 is 17.3. The standard InChI is InChI=1S/C27H27FN8/c1-16-25-27(32-17(2)31-16)36(26(33-25)21-6-19(9-29)10-30-11-21)13-20-5-4-18(7-24(20)28)12-35-15-22-8-23(35)14-34(22)3/h4-7,10-11,22-23H,8,12-15H2,1-3H3. The molecule has 2 unspecified atom stereocenters. The maximum absolute atomic E-state index is 15.4. The zero-order chi connectivity index (χ0) is 25.0. The molecule has 2 fully saturated rings. The molecule has 182 valence electrons. The molecule has 5 heterocycles. The largest absolute Gasteiger partial charge is 0.304 e. The van der Waals surface area contributed by atoms with Crippen LogP contribution in [0.4, 0.5) is 4.39 Å². The van der Waals surface area contributed by atoms with Crippen LogP contribution in [0.3, 0.4) is 0 Å². The minimum Gasteiger partial charge on any atom is -0.304 e. The number of likely N-dealkylation sites (N-methyl/N-ethyl adjacent to an activating group) is 1. The van der Waals surface area contributed by atoms with Gasteiger partial charge in [0.25, 0.3) is 0 Å². The lowest BCUT2D eigenvalue weighted by molar-refractivity contribution is 0.143. The lowest BCUT2D eigenvalue weighted by Gasteiger charge is -2.31. The maximum atomic E-state index is 15.4. The minimum absolute atomic E-state index is 0.242. The fourth-order valence-corrected chi connectivity index (χ4v) is 5.63. The molecule has 0 saturated carbocycles. The Morgan fingerprint density at radius 2 is 1.92 bits per heavy atom. The molecule has 2 bridgehead atoms. The third-order valence-corrected chi connectivity index (χ3v) is 7.47. The van der Waals surface area contributed by atoms with Crippen molar-refractivity contribution in [2.45, 2.75) is 45.4 Å². The number of fused-ring (bicyclic) bond motifs is 3. The number of nitrogens with zero attached hydrogens (tertiary/aromatic N) is 8. The maximum Gasteiger partial charge on any atom is 0.164 e. The number of likely N-dealkylation sites (tertiary alicyclic amines) is 2. The molecule has 9 heteroatoms. The summed E-state index contributed by atoms with van der Waals surface area (Å²) in [5, 5.41) is 9.35. The molecule has 2 saturated heterocycles. The second-order valence-corrected chi connectivity index (χ2v) is 9.96. The molecule has 1 aromatic carbocycles. The van der Waals surface area contributed by atoms with E-state index in [1.807, 2.05) is 30.5 Å². The molecule has 0 N–H and O–H groups in total. The monoisotopic (exact) mass is 482 g/mol. The second kappa shape index (κ2) is 8.73. The molecule has 4 aromatic rings. The van der Waals surface area contributed by atoms with Crippen molar-refractivity contribution in [1.82, 2.24) is 34.3 Å². The van der Waals surface area contributed by atoms with Crippen molar-refractivity contribution in [2.24, 2.45) is 0 Å². The molecule has 6 rings (SSSR count). The van der Waals surface area contributed by atoms with Gasteiger partial charge in [-0.3, -0.25) is 9.88 Å². The van der Waals surface area contributed by atoms with E-state index in [9.17, 15) is 5.26 Å². The zero-order valence-electron chi connectivity index (χ0n) is 20.6. The summed E-state index contributed by atoms with van der Waals surface area (Å²) in [5.41, 5.74) is 4.70. The van der Waals surface area contributed by atoms with Crippen molar-refractivity contribution in [1.29, 1.82) is 5.26 Å². The first-order valence-corrected chi connectivity index (χ1v) is 12.2. The van der Waals surface area contributed by atoms with E-state index in [0.29, 0.717) is 51.6 Å². The molecular weight excluding hydrogens is 455 g/mol. The average molecular weight is 483 g/mol. The Morgan fingerprint density at radius 1 is 1.06 bits per heavy atom. The molecule has 0 aliphatic carbocycles. The van der Waals surface area contributed by atoms with Crippen LogP contribution in [0.2, 0.25) is 0 Å². The van der Waals surface area contributed by atoms with Gasteiger partial charge in [0.1, 0.15) is 29.1 Å². The molecule has 36 heavy (non-hydrogen) atoms. The van der Waals surface area contributed by atoms with E-state index in [4.69, 9.17) is 4.98 Å². The Labute approximate surface area is 209 Å². The van der Waals surface area contributed by atoms with Gasteiger partial charge in [0.05, 0.1) is 17.8 Å². The lowest BCUT2D eigenvalue weighted by atomic mass is 10.1. The van der Waals surface area contributed by atoms with Crippen molar-refractivity contribution in [3.63, 3.8) is 0 Å². The van der Waals surface area contributed by atoms with Crippen LogP contribution >= 0.6 is 0 Å². The first kappa shape index (κ1) is 22.7. The van der Waals surface area contributed by atoms with Crippen LogP contribution in [0, 0.1) is 31.0 Å². The summed E-state index contributed by atoms with van der Waals surface area (Å²) in [6, 6.07) is 10.6. The smallest absolute Gasteiger partial charge is 0.164 e. The van der Waals surface area contributed by atoms with Crippen LogP contribution in [-0.4, -0.2) is 66.5 Å². The van der Waals surface area contributed by atoms with Gasteiger partial charge in [0, 0.05) is 55.2 Å². The zero-order valence-corrected chi connectivity index (χ0v) is 20.6. The van der Waals surface area contributed by atoms with Crippen molar-refractivity contribution in [3.8, 4) is 17.5 Å². The topological polar surface area (TPSA) is 86.8 Å². The quantitative estimate of drug-likeness (QED) is 0.431. The van der Waals surface area contributed by atoms with E-state index in [1.165, 1.54) is 12.6 Å². The Balaban J connectivity index is 1.35. The Bertz CT molecular complexity index is 1520. The molecule has 2 aliphatic rings. The van der Waals surface area contributed by atoms with Gasteiger partial charge in [-0.2, -0.15) is 5.26 Å². The fraction of sp³-hybridized carbons (Fsp3) is 0.370. The Hall–Kier alpha value is -3.74. The SMILES string of the molecule is Cc1nc(C)c2nc(-c3cncc(C#N)c3)n(Cc3ccc(CN4CC5CC4CN5C)cc3F)c2n1. The first-order valence-electron chi connectivity index (χ1n) is 12.2. The van der Waals surface area contributed by atoms with Gasteiger partial charge in [0.2, 0.25) is 0 Å². The molecule has 2 atom stereocenters. The molecule has 0 radical (unpaired) electrons. The van der Waals surface area contributed by atoms with Crippen LogP contribution < -0.4 is 0 Å². The van der Waals surface area contributed by atoms with E-state index < -0.39 is 0 Å². The molecular formula is C27H27FN8. The summed E-state index contributed by atoms with van der Waals surface area (Å²) in [7, 11) is 2.19. The molecule has 0 amide bonds. The molecule has 0 spiro atoms. The number of halogens is 1. The number of rotatable bonds is 5. The van der Waals surface area contributed by atoms with E-state index in [0.717, 1.165) is 30.9 Å². The number of benzene rings is 1. The van der Waals surface area contributed by atoms with Crippen molar-refractivity contribution >= 4 is 11.2 Å². The van der Waals surface area contributed by atoms with Gasteiger partial charge in [-0.1, -0.05) is 12.1 Å². The first-order chi connectivity index (χ1) is 17.4. The summed E-state index contributed by atoms with van der Waals surface area (Å²) in [6.45, 7) is 6.88. The van der Waals surface area contributed by atoms with Gasteiger partial charge in [-0.25, -0.2) is 19.3 Å². The van der Waals surface area contributed by atoms with Crippen LogP contribution in [0.15, 0.2) is 36.7 Å². The van der Waals surface area contributed by atoms with Crippen molar-refractivity contribution in [2.75, 3.05) is 20.1 Å². The van der Waals surface area contributed by atoms with E-state index >= 15 is 4.39 Å². The van der Waals surface area contributed by atoms with Crippen molar-refractivity contribution in [3.05, 3.63) is 70.7 Å². The van der Waals surface area contributed by atoms with Gasteiger partial charge < -0.3 is 9.47 Å². The third kappa shape index (κ3) is 3.92. The minimum atomic E-state index is -0.242. The number of hydrogen-bond donors (Lipinski definition) is 0. The summed E-state index contributed by atoms with van der Waals surface area (Å²) >= 11 is 0. The molecule has 2 aliphatic heterocycles. The predicted octanol–water partition coefficient (Wildman–Crippen LogP) is 3.45. The number of hydrogen-bond acceptors (Lipinski definition) is 7. The number of pyridine rings is 1. The Morgan fingerprint density at radius 3 is 2.64 bits per heavy atom. The van der Waals surface area contributed by atoms with E-state index in [1.54, 1.807) is 18.3 Å².